The highest BCUT2D eigenvalue weighted by Gasteiger charge is 2.29. The molecule has 2 aliphatic rings. The van der Waals surface area contributed by atoms with E-state index in [2.05, 4.69) is 20.8 Å². The van der Waals surface area contributed by atoms with Gasteiger partial charge in [0.25, 0.3) is 5.91 Å². The van der Waals surface area contributed by atoms with Crippen molar-refractivity contribution in [3.8, 4) is 5.88 Å². The number of hydrogen-bond acceptors (Lipinski definition) is 6. The number of carbonyl (C=O) groups excluding carboxylic acids is 1. The number of H-pyrrole nitrogens is 1. The largest absolute Gasteiger partial charge is 0.494 e. The molecule has 0 spiro atoms. The van der Waals surface area contributed by atoms with E-state index in [1.165, 1.54) is 0 Å². The van der Waals surface area contributed by atoms with Crippen LogP contribution in [0.1, 0.15) is 24.0 Å². The molecule has 1 saturated heterocycles. The van der Waals surface area contributed by atoms with Crippen LogP contribution < -0.4 is 10.6 Å². The smallest absolute Gasteiger partial charge is 0.260 e. The quantitative estimate of drug-likeness (QED) is 0.478. The number of aromatic amines is 1. The second-order valence-corrected chi connectivity index (χ2v) is 7.68. The molecule has 5 rings (SSSR count). The van der Waals surface area contributed by atoms with E-state index in [9.17, 15) is 9.90 Å². The number of fused-ring (bicyclic) bond motifs is 2. The molecule has 8 heteroatoms. The first-order valence-electron chi connectivity index (χ1n) is 10.4. The summed E-state index contributed by atoms with van der Waals surface area (Å²) in [6.45, 7) is 1.63. The van der Waals surface area contributed by atoms with Crippen LogP contribution in [0.15, 0.2) is 58.7 Å². The molecule has 1 fully saturated rings. The Kier molecular flexibility index (Phi) is 5.13. The third-order valence-corrected chi connectivity index (χ3v) is 5.59. The molecule has 31 heavy (non-hydrogen) atoms. The Morgan fingerprint density at radius 2 is 1.94 bits per heavy atom. The number of oxime groups is 1. The van der Waals surface area contributed by atoms with Crippen molar-refractivity contribution < 1.29 is 14.7 Å². The summed E-state index contributed by atoms with van der Waals surface area (Å²) in [5, 5.41) is 22.0. The average molecular weight is 417 g/mol. The third kappa shape index (κ3) is 3.77. The summed E-state index contributed by atoms with van der Waals surface area (Å²) in [7, 11) is 0. The van der Waals surface area contributed by atoms with Gasteiger partial charge in [-0.1, -0.05) is 41.6 Å². The zero-order chi connectivity index (χ0) is 21.2. The van der Waals surface area contributed by atoms with Gasteiger partial charge < -0.3 is 25.6 Å². The van der Waals surface area contributed by atoms with Crippen LogP contribution in [-0.2, 0) is 9.63 Å². The van der Waals surface area contributed by atoms with Crippen LogP contribution in [0.2, 0.25) is 0 Å². The van der Waals surface area contributed by atoms with Gasteiger partial charge in [-0.15, -0.1) is 0 Å². The molecule has 1 aromatic heterocycles. The summed E-state index contributed by atoms with van der Waals surface area (Å²) >= 11 is 0. The predicted octanol–water partition coefficient (Wildman–Crippen LogP) is 2.60. The van der Waals surface area contributed by atoms with E-state index in [-0.39, 0.29) is 24.4 Å². The van der Waals surface area contributed by atoms with Gasteiger partial charge in [-0.2, -0.15) is 0 Å². The van der Waals surface area contributed by atoms with Crippen LogP contribution in [0, 0.1) is 0 Å². The highest BCUT2D eigenvalue weighted by Crippen LogP contribution is 2.35. The van der Waals surface area contributed by atoms with Gasteiger partial charge >= 0.3 is 0 Å². The first-order chi connectivity index (χ1) is 15.2. The Morgan fingerprint density at radius 1 is 1.16 bits per heavy atom. The lowest BCUT2D eigenvalue weighted by atomic mass is 10.0. The van der Waals surface area contributed by atoms with Crippen molar-refractivity contribution in [2.24, 2.45) is 10.1 Å². The Bertz CT molecular complexity index is 1190. The van der Waals surface area contributed by atoms with Gasteiger partial charge in [0.15, 0.2) is 12.5 Å². The maximum atomic E-state index is 12.3. The summed E-state index contributed by atoms with van der Waals surface area (Å²) in [4.78, 5) is 25.4. The molecule has 4 N–H and O–H groups in total. The van der Waals surface area contributed by atoms with Gasteiger partial charge in [0.05, 0.1) is 11.3 Å². The van der Waals surface area contributed by atoms with Gasteiger partial charge in [0.1, 0.15) is 11.4 Å². The van der Waals surface area contributed by atoms with Crippen molar-refractivity contribution >= 4 is 33.9 Å². The molecule has 0 bridgehead atoms. The molecule has 0 atom stereocenters. The summed E-state index contributed by atoms with van der Waals surface area (Å²) < 4.78 is 0. The van der Waals surface area contributed by atoms with E-state index in [1.54, 1.807) is 0 Å². The topological polar surface area (TPSA) is 111 Å². The van der Waals surface area contributed by atoms with Gasteiger partial charge in [-0.3, -0.25) is 4.79 Å². The SMILES string of the molecule is O=C(CON=C1C(c2c(O)[nH]c3ccccc23)=Nc2ccccc21)NC1CCNCC1. The summed E-state index contributed by atoms with van der Waals surface area (Å²) in [5.74, 6) is -0.180. The van der Waals surface area contributed by atoms with Crippen molar-refractivity contribution in [3.63, 3.8) is 0 Å². The van der Waals surface area contributed by atoms with Gasteiger partial charge in [-0.25, -0.2) is 4.99 Å². The zero-order valence-electron chi connectivity index (χ0n) is 16.9. The van der Waals surface area contributed by atoms with Gasteiger partial charge in [-0.05, 0) is 38.1 Å². The first kappa shape index (κ1) is 19.3. The standard InChI is InChI=1S/C23H23N5O3/c29-19(25-14-9-11-24-12-10-14)13-31-28-21-16-6-2-4-8-18(16)26-22(21)20-15-5-1-3-7-17(15)27-23(20)30/h1-8,14,24,27,30H,9-13H2,(H,25,29). The molecule has 1 amide bonds. The second-order valence-electron chi connectivity index (χ2n) is 7.68. The van der Waals surface area contributed by atoms with Crippen molar-refractivity contribution in [2.45, 2.75) is 18.9 Å². The number of benzene rings is 2. The minimum atomic E-state index is -0.198. The number of aromatic nitrogens is 1. The predicted molar refractivity (Wildman–Crippen MR) is 119 cm³/mol. The molecule has 3 aromatic rings. The second kappa shape index (κ2) is 8.23. The maximum Gasteiger partial charge on any atom is 0.260 e. The van der Waals surface area contributed by atoms with Gasteiger partial charge in [0, 0.05) is 22.5 Å². The number of nitrogens with one attached hydrogen (secondary N) is 3. The van der Waals surface area contributed by atoms with Crippen molar-refractivity contribution in [2.75, 3.05) is 19.7 Å². The molecule has 2 aliphatic heterocycles. The number of amides is 1. The van der Waals surface area contributed by atoms with Crippen LogP contribution >= 0.6 is 0 Å². The van der Waals surface area contributed by atoms with Crippen molar-refractivity contribution in [1.82, 2.24) is 15.6 Å². The van der Waals surface area contributed by atoms with E-state index in [4.69, 9.17) is 9.83 Å². The van der Waals surface area contributed by atoms with E-state index in [1.807, 2.05) is 48.5 Å². The highest BCUT2D eigenvalue weighted by atomic mass is 16.6. The van der Waals surface area contributed by atoms with E-state index in [0.717, 1.165) is 48.1 Å². The molecule has 8 nitrogen and oxygen atoms in total. The Hall–Kier alpha value is -3.65. The molecule has 0 unspecified atom stereocenters. The Morgan fingerprint density at radius 3 is 2.81 bits per heavy atom. The van der Waals surface area contributed by atoms with Crippen molar-refractivity contribution in [3.05, 3.63) is 59.7 Å². The molecule has 0 saturated carbocycles. The van der Waals surface area contributed by atoms with E-state index >= 15 is 0 Å². The first-order valence-corrected chi connectivity index (χ1v) is 10.4. The van der Waals surface area contributed by atoms with Crippen LogP contribution in [0.3, 0.4) is 0 Å². The Balaban J connectivity index is 1.41. The minimum Gasteiger partial charge on any atom is -0.494 e. The molecular weight excluding hydrogens is 394 g/mol. The summed E-state index contributed by atoms with van der Waals surface area (Å²) in [6, 6.07) is 15.3. The maximum absolute atomic E-state index is 12.3. The number of aliphatic imine (C=N–C) groups is 1. The number of para-hydroxylation sites is 2. The lowest BCUT2D eigenvalue weighted by Crippen LogP contribution is -2.43. The van der Waals surface area contributed by atoms with E-state index < -0.39 is 0 Å². The molecule has 0 aliphatic carbocycles. The van der Waals surface area contributed by atoms with Crippen LogP contribution in [-0.4, -0.2) is 53.2 Å². The van der Waals surface area contributed by atoms with Crippen LogP contribution in [0.5, 0.6) is 5.88 Å². The fourth-order valence-electron chi connectivity index (χ4n) is 4.10. The highest BCUT2D eigenvalue weighted by molar-refractivity contribution is 6.58. The van der Waals surface area contributed by atoms with Gasteiger partial charge in [0.2, 0.25) is 0 Å². The number of hydrogen-bond donors (Lipinski definition) is 4. The number of piperidine rings is 1. The molecular formula is C23H23N5O3. The fourth-order valence-corrected chi connectivity index (χ4v) is 4.10. The van der Waals surface area contributed by atoms with Crippen LogP contribution in [0.25, 0.3) is 10.9 Å². The summed E-state index contributed by atoms with van der Waals surface area (Å²) in [5.41, 5.74) is 3.90. The molecule has 3 heterocycles. The Labute approximate surface area is 179 Å². The number of aromatic hydroxyl groups is 1. The molecule has 158 valence electrons. The summed E-state index contributed by atoms with van der Waals surface area (Å²) in [6.07, 6.45) is 1.81. The number of carbonyl (C=O) groups is 1. The monoisotopic (exact) mass is 417 g/mol. The van der Waals surface area contributed by atoms with Crippen LogP contribution in [0.4, 0.5) is 5.69 Å². The number of nitrogens with zero attached hydrogens (tertiary/aromatic N) is 2. The normalized spacial score (nSPS) is 17.5. The zero-order valence-corrected chi connectivity index (χ0v) is 16.9. The lowest BCUT2D eigenvalue weighted by molar-refractivity contribution is -0.126. The fraction of sp³-hybridized carbons (Fsp3) is 0.261. The van der Waals surface area contributed by atoms with E-state index in [0.29, 0.717) is 17.0 Å². The lowest BCUT2D eigenvalue weighted by Gasteiger charge is -2.23. The molecule has 0 radical (unpaired) electrons. The minimum absolute atomic E-state index is 0.0177. The third-order valence-electron chi connectivity index (χ3n) is 5.59. The van der Waals surface area contributed by atoms with Crippen molar-refractivity contribution in [1.29, 1.82) is 0 Å². The average Bonchev–Trinajstić information content (AvgIpc) is 3.31. The number of rotatable bonds is 5. The molecule has 2 aromatic carbocycles.